The predicted molar refractivity (Wildman–Crippen MR) is 341 cm³/mol. The van der Waals surface area contributed by atoms with Crippen LogP contribution >= 0.6 is 0 Å². The summed E-state index contributed by atoms with van der Waals surface area (Å²) in [6, 6.07) is 2.02. The van der Waals surface area contributed by atoms with Crippen LogP contribution in [0.5, 0.6) is 0 Å². The van der Waals surface area contributed by atoms with Gasteiger partial charge in [-0.1, -0.05) is 87.8 Å². The van der Waals surface area contributed by atoms with Crippen LogP contribution in [0.4, 0.5) is 4.79 Å². The number of sulfonamides is 1. The summed E-state index contributed by atoms with van der Waals surface area (Å²) >= 11 is 0. The maximum Gasteiger partial charge on any atom is 0.312 e. The standard InChI is InChI=1S/C65H108N8O17S/c1-16-43(8)59(71(13)64(82)50(41(4)5)38-54(76)58(42(6)7)70(11)12)55(86-14)39-57(78)72-27-18-20-52(72)60(87-15)45(10)61(79)69-91(84,85)48-23-21-46(22-24-48)36-53(75)51(19-17-26-67-65(66)83)68-62(80)49(40(2)3)37-47(74)25-29-88-31-33-90-34-32-89-30-28-73-56(77)35-44(9)63(73)81/h21-24,40-45,49-52,55,58-60H,16-20,25-39H2,1-15H3,(H,68,80)(H,69,79)(H3,66,67,83)/t43-,44?,45+,49-,50-,51-,52-,55+,58-,59-,60+/m0/s1. The molecule has 11 atom stereocenters. The molecule has 0 radical (unpaired) electrons. The van der Waals surface area contributed by atoms with Gasteiger partial charge >= 0.3 is 6.03 Å². The molecule has 516 valence electrons. The van der Waals surface area contributed by atoms with E-state index < -0.39 is 81.7 Å². The summed E-state index contributed by atoms with van der Waals surface area (Å²) in [5.74, 6) is -6.23. The number of carbonyl (C=O) groups excluding carboxylic acids is 10. The van der Waals surface area contributed by atoms with Gasteiger partial charge in [-0.2, -0.15) is 0 Å². The van der Waals surface area contributed by atoms with Gasteiger partial charge in [-0.05, 0) is 81.1 Å². The Hall–Kier alpha value is -5.77. The lowest BCUT2D eigenvalue weighted by atomic mass is 9.83. The van der Waals surface area contributed by atoms with Crippen LogP contribution in [-0.4, -0.2) is 218 Å². The molecule has 0 spiro atoms. The lowest BCUT2D eigenvalue weighted by molar-refractivity contribution is -0.149. The van der Waals surface area contributed by atoms with Crippen LogP contribution in [0.25, 0.3) is 0 Å². The fourth-order valence-corrected chi connectivity index (χ4v) is 13.3. The molecule has 2 aliphatic heterocycles. The van der Waals surface area contributed by atoms with Gasteiger partial charge in [-0.3, -0.25) is 53.0 Å². The highest BCUT2D eigenvalue weighted by atomic mass is 32.2. The fraction of sp³-hybridized carbons (Fsp3) is 0.754. The Morgan fingerprint density at radius 2 is 1.36 bits per heavy atom. The molecule has 0 saturated carbocycles. The third-order valence-electron chi connectivity index (χ3n) is 17.6. The number of Topliss-reactive ketones (excluding diaryl/α,β-unsaturated/α-hetero) is 3. The summed E-state index contributed by atoms with van der Waals surface area (Å²) in [5.41, 5.74) is 5.65. The van der Waals surface area contributed by atoms with Crippen LogP contribution in [0, 0.1) is 47.3 Å². The molecular weight excluding hydrogens is 1200 g/mol. The first-order chi connectivity index (χ1) is 42.8. The Balaban J connectivity index is 1.63. The lowest BCUT2D eigenvalue weighted by Crippen LogP contribution is -2.54. The molecule has 1 aromatic carbocycles. The van der Waals surface area contributed by atoms with Crippen LogP contribution < -0.4 is 21.1 Å². The number of hydrogen-bond acceptors (Lipinski definition) is 18. The number of primary amides is 1. The minimum Gasteiger partial charge on any atom is -0.379 e. The summed E-state index contributed by atoms with van der Waals surface area (Å²) in [6.45, 7) is 20.5. The maximum absolute atomic E-state index is 14.5. The molecule has 2 saturated heterocycles. The van der Waals surface area contributed by atoms with Crippen molar-refractivity contribution in [2.45, 2.75) is 181 Å². The highest BCUT2D eigenvalue weighted by Crippen LogP contribution is 2.32. The molecule has 5 N–H and O–H groups in total. The number of hydrogen-bond donors (Lipinski definition) is 4. The summed E-state index contributed by atoms with van der Waals surface area (Å²) in [4.78, 5) is 139. The smallest absolute Gasteiger partial charge is 0.312 e. The zero-order valence-corrected chi connectivity index (χ0v) is 57.6. The number of nitrogens with one attached hydrogen (secondary N) is 3. The molecule has 1 unspecified atom stereocenters. The highest BCUT2D eigenvalue weighted by molar-refractivity contribution is 7.90. The summed E-state index contributed by atoms with van der Waals surface area (Å²) < 4.78 is 58.3. The number of likely N-dealkylation sites (tertiary alicyclic amines) is 2. The second-order valence-electron chi connectivity index (χ2n) is 25.7. The number of amides is 8. The molecule has 25 nitrogen and oxygen atoms in total. The van der Waals surface area contributed by atoms with Gasteiger partial charge in [-0.15, -0.1) is 0 Å². The number of rotatable bonds is 44. The van der Waals surface area contributed by atoms with Crippen molar-refractivity contribution >= 4 is 68.8 Å². The van der Waals surface area contributed by atoms with Crippen molar-refractivity contribution in [2.24, 2.45) is 53.1 Å². The van der Waals surface area contributed by atoms with E-state index in [2.05, 4.69) is 15.4 Å². The molecule has 3 rings (SSSR count). The predicted octanol–water partition coefficient (Wildman–Crippen LogP) is 4.34. The van der Waals surface area contributed by atoms with Gasteiger partial charge in [0, 0.05) is 84.2 Å². The maximum atomic E-state index is 14.5. The van der Waals surface area contributed by atoms with E-state index in [1.165, 1.54) is 50.3 Å². The van der Waals surface area contributed by atoms with Crippen LogP contribution in [0.15, 0.2) is 29.2 Å². The second-order valence-corrected chi connectivity index (χ2v) is 27.4. The van der Waals surface area contributed by atoms with Crippen LogP contribution in [-0.2, 0) is 83.3 Å². The molecule has 26 heteroatoms. The molecule has 2 heterocycles. The highest BCUT2D eigenvalue weighted by Gasteiger charge is 2.44. The monoisotopic (exact) mass is 1300 g/mol. The normalized spacial score (nSPS) is 18.4. The summed E-state index contributed by atoms with van der Waals surface area (Å²) in [6.07, 6.45) is 0.267. The van der Waals surface area contributed by atoms with E-state index in [4.69, 9.17) is 29.4 Å². The average molecular weight is 1310 g/mol. The summed E-state index contributed by atoms with van der Waals surface area (Å²) in [5, 5.41) is 5.29. The number of likely N-dealkylation sites (N-methyl/N-ethyl adjacent to an activating group) is 2. The minimum absolute atomic E-state index is 0.0129. The Kier molecular flexibility index (Phi) is 34.1. The van der Waals surface area contributed by atoms with E-state index in [1.807, 2.05) is 60.5 Å². The van der Waals surface area contributed by atoms with Gasteiger partial charge in [-0.25, -0.2) is 17.9 Å². The van der Waals surface area contributed by atoms with E-state index in [0.29, 0.717) is 31.4 Å². The minimum atomic E-state index is -4.49. The molecule has 0 aromatic heterocycles. The molecule has 1 aromatic rings. The van der Waals surface area contributed by atoms with Crippen molar-refractivity contribution in [3.8, 4) is 0 Å². The zero-order chi connectivity index (χ0) is 68.4. The first kappa shape index (κ1) is 79.5. The third kappa shape index (κ3) is 24.6. The topological polar surface area (TPSA) is 326 Å². The van der Waals surface area contributed by atoms with E-state index in [9.17, 15) is 56.4 Å². The number of ketones is 3. The van der Waals surface area contributed by atoms with Crippen LogP contribution in [0.3, 0.4) is 0 Å². The molecule has 91 heavy (non-hydrogen) atoms. The first-order valence-electron chi connectivity index (χ1n) is 32.2. The SMILES string of the molecule is CC[C@H](C)[C@@H]([C@@H](CC(=O)N1CCC[C@H]1[C@H](OC)[C@@H](C)C(=O)NS(=O)(=O)c1ccc(CC(=O)[C@H](CCCNC(N)=O)NC(=O)[C@@H](CC(=O)CCOCCOCCOCCN2C(=O)CC(C)C2=O)C(C)C)cc1)OC)N(C)C(=O)[C@@H](CC(=O)[C@H](C(C)C)N(C)C)C(C)C. The van der Waals surface area contributed by atoms with E-state index in [0.717, 1.165) is 0 Å². The molecule has 0 aliphatic carbocycles. The Morgan fingerprint density at radius 1 is 0.758 bits per heavy atom. The second kappa shape index (κ2) is 39.1. The van der Waals surface area contributed by atoms with Crippen molar-refractivity contribution < 1.29 is 80.0 Å². The zero-order valence-electron chi connectivity index (χ0n) is 56.7. The molecule has 8 amide bonds. The Bertz CT molecular complexity index is 2670. The average Bonchev–Trinajstić information content (AvgIpc) is 1.96. The van der Waals surface area contributed by atoms with Crippen LogP contribution in [0.2, 0.25) is 0 Å². The van der Waals surface area contributed by atoms with E-state index >= 15 is 0 Å². The number of urea groups is 1. The van der Waals surface area contributed by atoms with Crippen molar-refractivity contribution in [3.05, 3.63) is 29.8 Å². The largest absolute Gasteiger partial charge is 0.379 e. The number of ether oxygens (including phenoxy) is 5. The number of benzene rings is 1. The van der Waals surface area contributed by atoms with Crippen molar-refractivity contribution in [1.29, 1.82) is 0 Å². The number of nitrogens with zero attached hydrogens (tertiary/aromatic N) is 4. The van der Waals surface area contributed by atoms with Gasteiger partial charge in [0.25, 0.3) is 10.0 Å². The molecule has 2 aliphatic rings. The van der Waals surface area contributed by atoms with Gasteiger partial charge in [0.15, 0.2) is 11.6 Å². The van der Waals surface area contributed by atoms with Gasteiger partial charge in [0.1, 0.15) is 5.78 Å². The van der Waals surface area contributed by atoms with Gasteiger partial charge in [0.05, 0.1) is 99.8 Å². The van der Waals surface area contributed by atoms with Crippen molar-refractivity contribution in [1.82, 2.24) is 35.0 Å². The number of nitrogens with two attached hydrogens (primary N) is 1. The fourth-order valence-electron chi connectivity index (χ4n) is 12.2. The Labute approximate surface area is 540 Å². The number of imide groups is 1. The molecule has 0 bridgehead atoms. The van der Waals surface area contributed by atoms with Crippen molar-refractivity contribution in [3.63, 3.8) is 0 Å². The van der Waals surface area contributed by atoms with Crippen molar-refractivity contribution in [2.75, 3.05) is 94.6 Å². The Morgan fingerprint density at radius 3 is 1.89 bits per heavy atom. The molecule has 2 fully saturated rings. The molecular formula is C65H108N8O17S. The quantitative estimate of drug-likeness (QED) is 0.0521. The lowest BCUT2D eigenvalue weighted by Gasteiger charge is -2.41. The van der Waals surface area contributed by atoms with Crippen LogP contribution in [0.1, 0.15) is 139 Å². The van der Waals surface area contributed by atoms with Gasteiger partial charge in [0.2, 0.25) is 35.4 Å². The number of carbonyl (C=O) groups is 10. The number of methoxy groups -OCH3 is 2. The van der Waals surface area contributed by atoms with E-state index in [1.54, 1.807) is 37.6 Å². The van der Waals surface area contributed by atoms with E-state index in [-0.39, 0.29) is 180 Å². The summed E-state index contributed by atoms with van der Waals surface area (Å²) in [7, 11) is 3.84. The van der Waals surface area contributed by atoms with Gasteiger partial charge < -0.3 is 49.9 Å². The first-order valence-corrected chi connectivity index (χ1v) is 33.7. The third-order valence-corrected chi connectivity index (χ3v) is 19.0.